The molecule has 2 atom stereocenters. The molecule has 2 rings (SSSR count). The maximum atomic E-state index is 5.76. The Hall–Kier alpha value is -1.13. The second-order valence-corrected chi connectivity index (χ2v) is 4.32. The summed E-state index contributed by atoms with van der Waals surface area (Å²) in [7, 11) is 1.77. The van der Waals surface area contributed by atoms with Crippen molar-refractivity contribution in [3.05, 3.63) is 24.0 Å². The Kier molecular flexibility index (Phi) is 3.41. The molecule has 0 saturated carbocycles. The van der Waals surface area contributed by atoms with Gasteiger partial charge >= 0.3 is 0 Å². The van der Waals surface area contributed by atoms with Crippen molar-refractivity contribution < 1.29 is 4.74 Å². The normalized spacial score (nSPS) is 22.4. The lowest BCUT2D eigenvalue weighted by Gasteiger charge is -2.18. The Morgan fingerprint density at radius 2 is 2.38 bits per heavy atom. The monoisotopic (exact) mass is 221 g/mol. The van der Waals surface area contributed by atoms with Gasteiger partial charge in [0.2, 0.25) is 0 Å². The number of rotatable bonds is 3. The fraction of sp³-hybridized carbons (Fsp3) is 0.583. The number of nitrogens with zero attached hydrogens (tertiary/aromatic N) is 2. The van der Waals surface area contributed by atoms with Gasteiger partial charge in [-0.3, -0.25) is 4.98 Å². The summed E-state index contributed by atoms with van der Waals surface area (Å²) in [4.78, 5) is 6.66. The van der Waals surface area contributed by atoms with E-state index in [0.29, 0.717) is 6.10 Å². The van der Waals surface area contributed by atoms with Crippen molar-refractivity contribution in [2.24, 2.45) is 5.73 Å². The first-order chi connectivity index (χ1) is 7.70. The van der Waals surface area contributed by atoms with Gasteiger partial charge in [-0.25, -0.2) is 0 Å². The van der Waals surface area contributed by atoms with E-state index in [0.717, 1.165) is 30.9 Å². The van der Waals surface area contributed by atoms with Crippen LogP contribution in [0.4, 0.5) is 5.69 Å². The summed E-state index contributed by atoms with van der Waals surface area (Å²) in [5.41, 5.74) is 7.86. The largest absolute Gasteiger partial charge is 0.380 e. The molecule has 88 valence electrons. The lowest BCUT2D eigenvalue weighted by molar-refractivity contribution is 0.121. The molecule has 0 aromatic carbocycles. The van der Waals surface area contributed by atoms with E-state index < -0.39 is 0 Å². The summed E-state index contributed by atoms with van der Waals surface area (Å²) in [5, 5.41) is 0. The summed E-state index contributed by atoms with van der Waals surface area (Å²) < 4.78 is 5.34. The van der Waals surface area contributed by atoms with Crippen LogP contribution in [0.25, 0.3) is 0 Å². The average Bonchev–Trinajstić information content (AvgIpc) is 2.77. The molecule has 1 aliphatic rings. The predicted molar refractivity (Wildman–Crippen MR) is 64.5 cm³/mol. The molecule has 4 nitrogen and oxygen atoms in total. The van der Waals surface area contributed by atoms with E-state index >= 15 is 0 Å². The molecule has 1 aromatic heterocycles. The van der Waals surface area contributed by atoms with E-state index in [2.05, 4.69) is 16.0 Å². The molecule has 0 amide bonds. The van der Waals surface area contributed by atoms with Crippen molar-refractivity contribution in [1.82, 2.24) is 4.98 Å². The average molecular weight is 221 g/mol. The van der Waals surface area contributed by atoms with Crippen molar-refractivity contribution >= 4 is 5.69 Å². The number of anilines is 1. The highest BCUT2D eigenvalue weighted by molar-refractivity contribution is 5.46. The molecule has 1 fully saturated rings. The molecular weight excluding hydrogens is 202 g/mol. The number of methoxy groups -OCH3 is 1. The Bertz CT molecular complexity index is 337. The molecule has 1 aliphatic heterocycles. The van der Waals surface area contributed by atoms with Crippen LogP contribution in [0.1, 0.15) is 25.1 Å². The smallest absolute Gasteiger partial charge is 0.0762 e. The van der Waals surface area contributed by atoms with Gasteiger partial charge in [0.25, 0.3) is 0 Å². The lowest BCUT2D eigenvalue weighted by atomic mass is 10.2. The molecule has 1 aromatic rings. The van der Waals surface area contributed by atoms with Gasteiger partial charge in [-0.15, -0.1) is 0 Å². The Balaban J connectivity index is 2.05. The molecular formula is C12H19N3O. The lowest BCUT2D eigenvalue weighted by Crippen LogP contribution is -2.22. The van der Waals surface area contributed by atoms with E-state index in [-0.39, 0.29) is 6.04 Å². The molecule has 2 heterocycles. The van der Waals surface area contributed by atoms with Crippen LogP contribution >= 0.6 is 0 Å². The first-order valence-corrected chi connectivity index (χ1v) is 5.70. The van der Waals surface area contributed by atoms with E-state index in [4.69, 9.17) is 10.5 Å². The van der Waals surface area contributed by atoms with Crippen LogP contribution in [0.5, 0.6) is 0 Å². The van der Waals surface area contributed by atoms with Crippen molar-refractivity contribution in [2.75, 3.05) is 25.1 Å². The topological polar surface area (TPSA) is 51.4 Å². The number of hydrogen-bond donors (Lipinski definition) is 1. The highest BCUT2D eigenvalue weighted by Crippen LogP contribution is 2.21. The molecule has 0 radical (unpaired) electrons. The SMILES string of the molecule is COC1CCN(c2ccc([C@H](C)N)nc2)C1. The Labute approximate surface area is 96.4 Å². The van der Waals surface area contributed by atoms with Gasteiger partial charge in [0.15, 0.2) is 0 Å². The van der Waals surface area contributed by atoms with Crippen molar-refractivity contribution in [2.45, 2.75) is 25.5 Å². The van der Waals surface area contributed by atoms with Crippen LogP contribution in [-0.4, -0.2) is 31.3 Å². The summed E-state index contributed by atoms with van der Waals surface area (Å²) >= 11 is 0. The van der Waals surface area contributed by atoms with Crippen LogP contribution in [0.3, 0.4) is 0 Å². The first kappa shape index (κ1) is 11.4. The maximum Gasteiger partial charge on any atom is 0.0762 e. The molecule has 0 aliphatic carbocycles. The van der Waals surface area contributed by atoms with Gasteiger partial charge in [0.05, 0.1) is 23.7 Å². The van der Waals surface area contributed by atoms with Gasteiger partial charge in [-0.1, -0.05) is 0 Å². The number of ether oxygens (including phenoxy) is 1. The zero-order chi connectivity index (χ0) is 11.5. The third-order valence-electron chi connectivity index (χ3n) is 3.08. The fourth-order valence-electron chi connectivity index (χ4n) is 2.01. The number of aromatic nitrogens is 1. The quantitative estimate of drug-likeness (QED) is 0.836. The minimum atomic E-state index is -0.000600. The molecule has 0 spiro atoms. The third-order valence-corrected chi connectivity index (χ3v) is 3.08. The van der Waals surface area contributed by atoms with E-state index in [9.17, 15) is 0 Å². The second-order valence-electron chi connectivity index (χ2n) is 4.32. The summed E-state index contributed by atoms with van der Waals surface area (Å²) in [6.45, 7) is 3.94. The van der Waals surface area contributed by atoms with E-state index in [1.807, 2.05) is 19.2 Å². The van der Waals surface area contributed by atoms with E-state index in [1.54, 1.807) is 7.11 Å². The number of hydrogen-bond acceptors (Lipinski definition) is 4. The van der Waals surface area contributed by atoms with Gasteiger partial charge < -0.3 is 15.4 Å². The standard InChI is InChI=1S/C12H19N3O/c1-9(13)12-4-3-10(7-14-12)15-6-5-11(8-15)16-2/h3-4,7,9,11H,5-6,8,13H2,1-2H3/t9-,11?/m0/s1. The van der Waals surface area contributed by atoms with E-state index in [1.165, 1.54) is 0 Å². The second kappa shape index (κ2) is 4.80. The van der Waals surface area contributed by atoms with Crippen LogP contribution < -0.4 is 10.6 Å². The highest BCUT2D eigenvalue weighted by atomic mass is 16.5. The summed E-state index contributed by atoms with van der Waals surface area (Å²) in [6, 6.07) is 4.09. The molecule has 16 heavy (non-hydrogen) atoms. The highest BCUT2D eigenvalue weighted by Gasteiger charge is 2.22. The minimum absolute atomic E-state index is 0.000600. The fourth-order valence-corrected chi connectivity index (χ4v) is 2.01. The van der Waals surface area contributed by atoms with Crippen LogP contribution in [0.15, 0.2) is 18.3 Å². The number of pyridine rings is 1. The molecule has 1 unspecified atom stereocenters. The van der Waals surface area contributed by atoms with Crippen molar-refractivity contribution in [3.63, 3.8) is 0 Å². The first-order valence-electron chi connectivity index (χ1n) is 5.70. The number of nitrogens with two attached hydrogens (primary N) is 1. The van der Waals surface area contributed by atoms with Crippen molar-refractivity contribution in [3.8, 4) is 0 Å². The third kappa shape index (κ3) is 2.33. The van der Waals surface area contributed by atoms with Gasteiger partial charge in [-0.05, 0) is 25.5 Å². The van der Waals surface area contributed by atoms with Crippen molar-refractivity contribution in [1.29, 1.82) is 0 Å². The maximum absolute atomic E-state index is 5.76. The molecule has 0 bridgehead atoms. The van der Waals surface area contributed by atoms with Gasteiger partial charge in [0.1, 0.15) is 0 Å². The molecule has 4 heteroatoms. The van der Waals surface area contributed by atoms with Crippen LogP contribution in [0.2, 0.25) is 0 Å². The molecule has 2 N–H and O–H groups in total. The predicted octanol–water partition coefficient (Wildman–Crippen LogP) is 1.33. The minimum Gasteiger partial charge on any atom is -0.380 e. The van der Waals surface area contributed by atoms with Gasteiger partial charge in [0, 0.05) is 26.2 Å². The van der Waals surface area contributed by atoms with Gasteiger partial charge in [-0.2, -0.15) is 0 Å². The van der Waals surface area contributed by atoms with Crippen LogP contribution in [-0.2, 0) is 4.74 Å². The van der Waals surface area contributed by atoms with Crippen LogP contribution in [0, 0.1) is 0 Å². The summed E-state index contributed by atoms with van der Waals surface area (Å²) in [5.74, 6) is 0. The Morgan fingerprint density at radius 1 is 1.56 bits per heavy atom. The Morgan fingerprint density at radius 3 is 2.88 bits per heavy atom. The zero-order valence-electron chi connectivity index (χ0n) is 9.89. The molecule has 1 saturated heterocycles. The zero-order valence-corrected chi connectivity index (χ0v) is 9.89. The summed E-state index contributed by atoms with van der Waals surface area (Å²) in [6.07, 6.45) is 3.34.